The number of nitrogens with two attached hydrogens (primary N) is 1. The van der Waals surface area contributed by atoms with Crippen molar-refractivity contribution in [1.82, 2.24) is 5.32 Å². The molecule has 0 spiro atoms. The maximum absolute atomic E-state index is 10.7. The summed E-state index contributed by atoms with van der Waals surface area (Å²) in [5.74, 6) is 0.162. The Hall–Kier alpha value is -1.07. The van der Waals surface area contributed by atoms with E-state index in [4.69, 9.17) is 10.5 Å². The highest BCUT2D eigenvalue weighted by Gasteiger charge is 2.10. The van der Waals surface area contributed by atoms with Gasteiger partial charge in [-0.2, -0.15) is 0 Å². The SMILES string of the molecule is CC(C)(C)NCc1cc(OCC(N)=O)ccc1Br. The molecule has 0 unspecified atom stereocenters. The van der Waals surface area contributed by atoms with Gasteiger partial charge in [-0.05, 0) is 44.5 Å². The van der Waals surface area contributed by atoms with Crippen LogP contribution in [0, 0.1) is 0 Å². The fraction of sp³-hybridized carbons (Fsp3) is 0.462. The average Bonchev–Trinajstić information content (AvgIpc) is 2.25. The minimum absolute atomic E-state index is 0.0452. The van der Waals surface area contributed by atoms with E-state index in [0.29, 0.717) is 5.75 Å². The molecule has 4 nitrogen and oxygen atoms in total. The molecule has 1 amide bonds. The smallest absolute Gasteiger partial charge is 0.255 e. The number of benzene rings is 1. The molecule has 0 aliphatic carbocycles. The molecule has 0 saturated heterocycles. The lowest BCUT2D eigenvalue weighted by Crippen LogP contribution is -2.35. The number of ether oxygens (including phenoxy) is 1. The van der Waals surface area contributed by atoms with Crippen LogP contribution in [0.1, 0.15) is 26.3 Å². The molecule has 5 heteroatoms. The molecule has 100 valence electrons. The van der Waals surface area contributed by atoms with Crippen LogP contribution in [0.2, 0.25) is 0 Å². The van der Waals surface area contributed by atoms with E-state index in [0.717, 1.165) is 16.6 Å². The van der Waals surface area contributed by atoms with Crippen molar-refractivity contribution in [2.24, 2.45) is 5.73 Å². The second-order valence-corrected chi connectivity index (χ2v) is 5.97. The number of carbonyl (C=O) groups is 1. The van der Waals surface area contributed by atoms with E-state index in [1.165, 1.54) is 0 Å². The Morgan fingerprint density at radius 2 is 2.11 bits per heavy atom. The molecule has 1 rings (SSSR count). The highest BCUT2D eigenvalue weighted by Crippen LogP contribution is 2.23. The summed E-state index contributed by atoms with van der Waals surface area (Å²) in [5.41, 5.74) is 6.16. The van der Waals surface area contributed by atoms with Gasteiger partial charge in [-0.25, -0.2) is 0 Å². The van der Waals surface area contributed by atoms with Gasteiger partial charge in [-0.1, -0.05) is 15.9 Å². The normalized spacial score (nSPS) is 11.3. The molecule has 1 aromatic rings. The summed E-state index contributed by atoms with van der Waals surface area (Å²) in [6.45, 7) is 6.93. The number of amides is 1. The van der Waals surface area contributed by atoms with Crippen molar-refractivity contribution in [3.63, 3.8) is 0 Å². The zero-order valence-electron chi connectivity index (χ0n) is 10.9. The van der Waals surface area contributed by atoms with Crippen molar-refractivity contribution < 1.29 is 9.53 Å². The van der Waals surface area contributed by atoms with Crippen molar-refractivity contribution in [2.45, 2.75) is 32.9 Å². The van der Waals surface area contributed by atoms with E-state index in [2.05, 4.69) is 42.0 Å². The fourth-order valence-electron chi connectivity index (χ4n) is 1.29. The molecular weight excluding hydrogens is 296 g/mol. The molecule has 18 heavy (non-hydrogen) atoms. The van der Waals surface area contributed by atoms with Crippen LogP contribution in [0.15, 0.2) is 22.7 Å². The van der Waals surface area contributed by atoms with Gasteiger partial charge in [-0.3, -0.25) is 4.79 Å². The lowest BCUT2D eigenvalue weighted by Gasteiger charge is -2.21. The third-order valence-corrected chi connectivity index (χ3v) is 2.98. The van der Waals surface area contributed by atoms with Gasteiger partial charge in [0.05, 0.1) is 0 Å². The molecule has 0 radical (unpaired) electrons. The van der Waals surface area contributed by atoms with Gasteiger partial charge < -0.3 is 15.8 Å². The summed E-state index contributed by atoms with van der Waals surface area (Å²) >= 11 is 3.49. The number of nitrogens with one attached hydrogen (secondary N) is 1. The summed E-state index contributed by atoms with van der Waals surface area (Å²) < 4.78 is 6.28. The van der Waals surface area contributed by atoms with E-state index in [-0.39, 0.29) is 12.1 Å². The topological polar surface area (TPSA) is 64.3 Å². The van der Waals surface area contributed by atoms with Crippen LogP contribution in [0.25, 0.3) is 0 Å². The van der Waals surface area contributed by atoms with Crippen LogP contribution in [-0.4, -0.2) is 18.1 Å². The zero-order chi connectivity index (χ0) is 13.8. The summed E-state index contributed by atoms with van der Waals surface area (Å²) in [6, 6.07) is 5.59. The monoisotopic (exact) mass is 314 g/mol. The van der Waals surface area contributed by atoms with E-state index < -0.39 is 5.91 Å². The van der Waals surface area contributed by atoms with Crippen molar-refractivity contribution in [3.8, 4) is 5.75 Å². The Labute approximate surface area is 116 Å². The molecule has 0 heterocycles. The van der Waals surface area contributed by atoms with E-state index in [1.54, 1.807) is 6.07 Å². The largest absolute Gasteiger partial charge is 0.484 e. The Morgan fingerprint density at radius 1 is 1.44 bits per heavy atom. The van der Waals surface area contributed by atoms with E-state index in [9.17, 15) is 4.79 Å². The van der Waals surface area contributed by atoms with Crippen LogP contribution in [-0.2, 0) is 11.3 Å². The van der Waals surface area contributed by atoms with E-state index >= 15 is 0 Å². The highest BCUT2D eigenvalue weighted by atomic mass is 79.9. The summed E-state index contributed by atoms with van der Waals surface area (Å²) in [7, 11) is 0. The quantitative estimate of drug-likeness (QED) is 0.875. The Bertz CT molecular complexity index is 427. The maximum Gasteiger partial charge on any atom is 0.255 e. The molecule has 0 aliphatic heterocycles. The van der Waals surface area contributed by atoms with Crippen LogP contribution in [0.3, 0.4) is 0 Å². The van der Waals surface area contributed by atoms with E-state index in [1.807, 2.05) is 12.1 Å². The third kappa shape index (κ3) is 5.51. The molecule has 0 fully saturated rings. The molecule has 0 aromatic heterocycles. The van der Waals surface area contributed by atoms with Gasteiger partial charge in [0.1, 0.15) is 5.75 Å². The van der Waals surface area contributed by atoms with Crippen LogP contribution >= 0.6 is 15.9 Å². The van der Waals surface area contributed by atoms with Crippen molar-refractivity contribution in [3.05, 3.63) is 28.2 Å². The van der Waals surface area contributed by atoms with Gasteiger partial charge >= 0.3 is 0 Å². The Kier molecular flexibility index (Phi) is 5.16. The number of halogens is 1. The second kappa shape index (κ2) is 6.20. The van der Waals surface area contributed by atoms with Gasteiger partial charge in [0.15, 0.2) is 6.61 Å². The number of hydrogen-bond acceptors (Lipinski definition) is 3. The van der Waals surface area contributed by atoms with Gasteiger partial charge in [0.2, 0.25) is 0 Å². The van der Waals surface area contributed by atoms with Gasteiger partial charge in [-0.15, -0.1) is 0 Å². The zero-order valence-corrected chi connectivity index (χ0v) is 12.5. The van der Waals surface area contributed by atoms with Gasteiger partial charge in [0, 0.05) is 16.6 Å². The van der Waals surface area contributed by atoms with Crippen molar-refractivity contribution in [2.75, 3.05) is 6.61 Å². The lowest BCUT2D eigenvalue weighted by molar-refractivity contribution is -0.119. The molecule has 3 N–H and O–H groups in total. The maximum atomic E-state index is 10.7. The molecule has 1 aromatic carbocycles. The first kappa shape index (κ1) is 15.0. The second-order valence-electron chi connectivity index (χ2n) is 5.11. The van der Waals surface area contributed by atoms with Crippen LogP contribution < -0.4 is 15.8 Å². The van der Waals surface area contributed by atoms with Crippen molar-refractivity contribution in [1.29, 1.82) is 0 Å². The first-order chi connectivity index (χ1) is 8.28. The minimum Gasteiger partial charge on any atom is -0.484 e. The van der Waals surface area contributed by atoms with Crippen LogP contribution in [0.4, 0.5) is 0 Å². The minimum atomic E-state index is -0.479. The molecule has 0 saturated carbocycles. The number of rotatable bonds is 5. The van der Waals surface area contributed by atoms with Crippen molar-refractivity contribution >= 4 is 21.8 Å². The highest BCUT2D eigenvalue weighted by molar-refractivity contribution is 9.10. The summed E-state index contributed by atoms with van der Waals surface area (Å²) in [6.07, 6.45) is 0. The summed E-state index contributed by atoms with van der Waals surface area (Å²) in [5, 5.41) is 3.39. The molecular formula is C13H19BrN2O2. The molecule has 0 aliphatic rings. The van der Waals surface area contributed by atoms with Crippen LogP contribution in [0.5, 0.6) is 5.75 Å². The Balaban J connectivity index is 2.71. The first-order valence-electron chi connectivity index (χ1n) is 5.72. The van der Waals surface area contributed by atoms with Gasteiger partial charge in [0.25, 0.3) is 5.91 Å². The standard InChI is InChI=1S/C13H19BrN2O2/c1-13(2,3)16-7-9-6-10(4-5-11(9)14)18-8-12(15)17/h4-6,16H,7-8H2,1-3H3,(H2,15,17). The predicted molar refractivity (Wildman–Crippen MR) is 75.4 cm³/mol. The summed E-state index contributed by atoms with van der Waals surface area (Å²) in [4.78, 5) is 10.7. The third-order valence-electron chi connectivity index (χ3n) is 2.21. The average molecular weight is 315 g/mol. The number of hydrogen-bond donors (Lipinski definition) is 2. The lowest BCUT2D eigenvalue weighted by atomic mass is 10.1. The fourth-order valence-corrected chi connectivity index (χ4v) is 1.68. The number of carbonyl (C=O) groups excluding carboxylic acids is 1. The molecule has 0 atom stereocenters. The predicted octanol–water partition coefficient (Wildman–Crippen LogP) is 2.20. The number of primary amides is 1. The molecule has 0 bridgehead atoms. The Morgan fingerprint density at radius 3 is 2.67 bits per heavy atom. The first-order valence-corrected chi connectivity index (χ1v) is 6.52.